The number of ether oxygens (including phenoxy) is 1. The summed E-state index contributed by atoms with van der Waals surface area (Å²) in [4.78, 5) is 4.57. The number of fused-ring (bicyclic) bond motifs is 1. The van der Waals surface area contributed by atoms with Crippen molar-refractivity contribution in [3.8, 4) is 17.1 Å². The van der Waals surface area contributed by atoms with Crippen molar-refractivity contribution >= 4 is 22.5 Å². The second kappa shape index (κ2) is 8.28. The van der Waals surface area contributed by atoms with Crippen LogP contribution in [0, 0.1) is 0 Å². The number of hydrogen-bond acceptors (Lipinski definition) is 5. The van der Waals surface area contributed by atoms with Crippen LogP contribution in [0.3, 0.4) is 0 Å². The second-order valence-corrected chi connectivity index (χ2v) is 7.45. The Morgan fingerprint density at radius 3 is 2.85 bits per heavy atom. The highest BCUT2D eigenvalue weighted by molar-refractivity contribution is 6.13. The van der Waals surface area contributed by atoms with Crippen LogP contribution in [-0.4, -0.2) is 27.7 Å². The van der Waals surface area contributed by atoms with Gasteiger partial charge in [-0.05, 0) is 60.0 Å². The highest BCUT2D eigenvalue weighted by Gasteiger charge is 2.29. The summed E-state index contributed by atoms with van der Waals surface area (Å²) in [5, 5.41) is 6.41. The molecule has 0 unspecified atom stereocenters. The molecule has 1 aromatic heterocycles. The third kappa shape index (κ3) is 4.09. The van der Waals surface area contributed by atoms with Crippen LogP contribution in [0.25, 0.3) is 22.2 Å². The third-order valence-corrected chi connectivity index (χ3v) is 5.41. The minimum absolute atomic E-state index is 0.0146. The molecule has 1 aliphatic heterocycles. The minimum atomic E-state index is 0.0146. The lowest BCUT2D eigenvalue weighted by Gasteiger charge is -2.10. The van der Waals surface area contributed by atoms with Crippen LogP contribution >= 0.6 is 11.8 Å². The Kier molecular flexibility index (Phi) is 5.60. The molecular formula is C21H24ClN3O2. The molecule has 5 nitrogen and oxygen atoms in total. The van der Waals surface area contributed by atoms with Gasteiger partial charge in [-0.25, -0.2) is 4.42 Å². The van der Waals surface area contributed by atoms with Crippen molar-refractivity contribution in [2.45, 2.75) is 45.1 Å². The second-order valence-electron chi connectivity index (χ2n) is 7.02. The van der Waals surface area contributed by atoms with Crippen molar-refractivity contribution in [2.75, 3.05) is 13.2 Å². The van der Waals surface area contributed by atoms with Crippen molar-refractivity contribution in [1.29, 1.82) is 0 Å². The van der Waals surface area contributed by atoms with Crippen LogP contribution in [-0.2, 0) is 0 Å². The van der Waals surface area contributed by atoms with Gasteiger partial charge in [0.25, 0.3) is 0 Å². The number of unbranched alkanes of at least 4 members (excludes halogenated alkanes) is 2. The first-order valence-electron chi connectivity index (χ1n) is 9.67. The van der Waals surface area contributed by atoms with Gasteiger partial charge in [0.05, 0.1) is 6.61 Å². The monoisotopic (exact) mass is 385 g/mol. The summed E-state index contributed by atoms with van der Waals surface area (Å²) in [7, 11) is 0. The molecule has 0 spiro atoms. The Morgan fingerprint density at radius 2 is 2.04 bits per heavy atom. The van der Waals surface area contributed by atoms with E-state index in [1.807, 2.05) is 12.1 Å². The number of halogens is 1. The number of rotatable bonds is 7. The summed E-state index contributed by atoms with van der Waals surface area (Å²) in [6.07, 6.45) is 5.49. The van der Waals surface area contributed by atoms with E-state index in [9.17, 15) is 0 Å². The average Bonchev–Trinajstić information content (AvgIpc) is 3.33. The third-order valence-electron chi connectivity index (χ3n) is 5.00. The standard InChI is InChI=1S/C21H24ClN3O2/c1-2-3-4-12-26-18-10-9-15-13-17(8-7-16(15)14-18)20-23-21(27-24-20)19-6-5-11-25(19)22/h7-10,13-14,19H,2-6,11-12H2,1H3/t19-/m0/s1. The van der Waals surface area contributed by atoms with E-state index in [2.05, 4.69) is 41.3 Å². The first kappa shape index (κ1) is 18.3. The van der Waals surface area contributed by atoms with Crippen molar-refractivity contribution in [2.24, 2.45) is 0 Å². The molecule has 2 heterocycles. The van der Waals surface area contributed by atoms with Gasteiger partial charge >= 0.3 is 0 Å². The van der Waals surface area contributed by atoms with Gasteiger partial charge in [-0.1, -0.05) is 43.1 Å². The molecule has 2 aromatic carbocycles. The van der Waals surface area contributed by atoms with E-state index in [1.165, 1.54) is 12.8 Å². The van der Waals surface area contributed by atoms with Crippen LogP contribution in [0.15, 0.2) is 40.9 Å². The average molecular weight is 386 g/mol. The molecule has 0 aliphatic carbocycles. The Hall–Kier alpha value is -2.11. The van der Waals surface area contributed by atoms with Crippen molar-refractivity contribution in [1.82, 2.24) is 14.6 Å². The smallest absolute Gasteiger partial charge is 0.245 e. The predicted octanol–water partition coefficient (Wildman–Crippen LogP) is 5.75. The number of aromatic nitrogens is 2. The Labute approximate surface area is 164 Å². The molecule has 0 amide bonds. The van der Waals surface area contributed by atoms with Crippen molar-refractivity contribution in [3.63, 3.8) is 0 Å². The van der Waals surface area contributed by atoms with Gasteiger partial charge in [0.2, 0.25) is 11.7 Å². The molecule has 0 saturated carbocycles. The SMILES string of the molecule is CCCCCOc1ccc2cc(-c3noc([C@@H]4CCCN4Cl)n3)ccc2c1. The lowest BCUT2D eigenvalue weighted by atomic mass is 10.1. The molecule has 0 radical (unpaired) electrons. The molecule has 0 bridgehead atoms. The topological polar surface area (TPSA) is 51.4 Å². The molecule has 142 valence electrons. The number of nitrogens with zero attached hydrogens (tertiary/aromatic N) is 3. The fraction of sp³-hybridized carbons (Fsp3) is 0.429. The molecule has 6 heteroatoms. The van der Waals surface area contributed by atoms with Crippen LogP contribution in [0.1, 0.15) is 51.0 Å². The maximum Gasteiger partial charge on any atom is 0.245 e. The van der Waals surface area contributed by atoms with Gasteiger partial charge in [-0.2, -0.15) is 4.98 Å². The summed E-state index contributed by atoms with van der Waals surface area (Å²) in [5.74, 6) is 2.11. The molecular weight excluding hydrogens is 362 g/mol. The van der Waals surface area contributed by atoms with Crippen LogP contribution in [0.4, 0.5) is 0 Å². The van der Waals surface area contributed by atoms with Crippen molar-refractivity contribution in [3.05, 3.63) is 42.3 Å². The Balaban J connectivity index is 1.51. The molecule has 3 aromatic rings. The van der Waals surface area contributed by atoms with E-state index >= 15 is 0 Å². The summed E-state index contributed by atoms with van der Waals surface area (Å²) in [6.45, 7) is 3.81. The zero-order valence-electron chi connectivity index (χ0n) is 15.5. The summed E-state index contributed by atoms with van der Waals surface area (Å²) >= 11 is 6.21. The molecule has 1 fully saturated rings. The van der Waals surface area contributed by atoms with E-state index in [0.29, 0.717) is 11.7 Å². The molecule has 1 aliphatic rings. The fourth-order valence-electron chi connectivity index (χ4n) is 3.46. The lowest BCUT2D eigenvalue weighted by Crippen LogP contribution is -2.11. The van der Waals surface area contributed by atoms with Crippen molar-refractivity contribution < 1.29 is 9.26 Å². The lowest BCUT2D eigenvalue weighted by molar-refractivity contribution is 0.298. The van der Waals surface area contributed by atoms with E-state index in [0.717, 1.165) is 54.5 Å². The van der Waals surface area contributed by atoms with Gasteiger partial charge in [0.15, 0.2) is 0 Å². The normalized spacial score (nSPS) is 17.6. The van der Waals surface area contributed by atoms with E-state index in [-0.39, 0.29) is 6.04 Å². The maximum atomic E-state index is 6.21. The highest BCUT2D eigenvalue weighted by Crippen LogP contribution is 2.33. The highest BCUT2D eigenvalue weighted by atomic mass is 35.5. The minimum Gasteiger partial charge on any atom is -0.494 e. The summed E-state index contributed by atoms with van der Waals surface area (Å²) in [6, 6.07) is 12.4. The molecule has 1 saturated heterocycles. The predicted molar refractivity (Wildman–Crippen MR) is 107 cm³/mol. The Bertz CT molecular complexity index is 911. The zero-order chi connectivity index (χ0) is 18.6. The van der Waals surface area contributed by atoms with Crippen LogP contribution in [0.2, 0.25) is 0 Å². The summed E-state index contributed by atoms with van der Waals surface area (Å²) < 4.78 is 13.1. The number of hydrogen-bond donors (Lipinski definition) is 0. The first-order valence-corrected chi connectivity index (χ1v) is 10.0. The maximum absolute atomic E-state index is 6.21. The number of benzene rings is 2. The zero-order valence-corrected chi connectivity index (χ0v) is 16.3. The van der Waals surface area contributed by atoms with Gasteiger partial charge < -0.3 is 9.26 Å². The van der Waals surface area contributed by atoms with Gasteiger partial charge in [0.1, 0.15) is 11.8 Å². The fourth-order valence-corrected chi connectivity index (χ4v) is 3.76. The summed E-state index contributed by atoms with van der Waals surface area (Å²) in [5.41, 5.74) is 0.938. The largest absolute Gasteiger partial charge is 0.494 e. The molecule has 4 rings (SSSR count). The van der Waals surface area contributed by atoms with Gasteiger partial charge in [-0.3, -0.25) is 0 Å². The Morgan fingerprint density at radius 1 is 1.19 bits per heavy atom. The van der Waals surface area contributed by atoms with Crippen LogP contribution in [0.5, 0.6) is 5.75 Å². The van der Waals surface area contributed by atoms with Gasteiger partial charge in [-0.15, -0.1) is 0 Å². The molecule has 1 atom stereocenters. The quantitative estimate of drug-likeness (QED) is 0.383. The first-order chi connectivity index (χ1) is 13.2. The van der Waals surface area contributed by atoms with Gasteiger partial charge in [0, 0.05) is 12.1 Å². The molecule has 0 N–H and O–H groups in total. The van der Waals surface area contributed by atoms with E-state index in [4.69, 9.17) is 21.0 Å². The van der Waals surface area contributed by atoms with E-state index in [1.54, 1.807) is 4.42 Å². The molecule has 27 heavy (non-hydrogen) atoms. The van der Waals surface area contributed by atoms with Crippen LogP contribution < -0.4 is 4.74 Å². The van der Waals surface area contributed by atoms with E-state index < -0.39 is 0 Å².